The second-order valence-corrected chi connectivity index (χ2v) is 4.18. The molecular formula is C10H6N6OS. The molecule has 8 heteroatoms. The van der Waals surface area contributed by atoms with Gasteiger partial charge in [0.05, 0.1) is 0 Å². The molecule has 0 aliphatic heterocycles. The fourth-order valence-electron chi connectivity index (χ4n) is 1.39. The van der Waals surface area contributed by atoms with Gasteiger partial charge >= 0.3 is 0 Å². The van der Waals surface area contributed by atoms with Crippen molar-refractivity contribution in [3.05, 3.63) is 34.9 Å². The maximum Gasteiger partial charge on any atom is 0.252 e. The number of hydrogen-bond donors (Lipinski definition) is 0. The highest BCUT2D eigenvalue weighted by Crippen LogP contribution is 2.18. The zero-order chi connectivity index (χ0) is 12.4. The van der Waals surface area contributed by atoms with Crippen molar-refractivity contribution in [3.63, 3.8) is 0 Å². The summed E-state index contributed by atoms with van der Waals surface area (Å²) < 4.78 is 6.58. The molecule has 3 aromatic rings. The zero-order valence-corrected chi connectivity index (χ0v) is 9.83. The van der Waals surface area contributed by atoms with Crippen LogP contribution in [0.3, 0.4) is 0 Å². The Morgan fingerprint density at radius 1 is 1.50 bits per heavy atom. The molecule has 3 aromatic heterocycles. The zero-order valence-electron chi connectivity index (χ0n) is 9.02. The average Bonchev–Trinajstić information content (AvgIpc) is 3.10. The Hall–Kier alpha value is -2.53. The second-order valence-electron chi connectivity index (χ2n) is 3.40. The van der Waals surface area contributed by atoms with E-state index in [1.165, 1.54) is 11.0 Å². The SMILES string of the molecule is N#Cc1ncn(Cc2nc(-c3ccsc3)no2)n1. The van der Waals surface area contributed by atoms with E-state index in [0.717, 1.165) is 5.56 Å². The molecule has 0 aliphatic rings. The van der Waals surface area contributed by atoms with Crippen LogP contribution in [0, 0.1) is 11.3 Å². The van der Waals surface area contributed by atoms with E-state index in [4.69, 9.17) is 9.78 Å². The summed E-state index contributed by atoms with van der Waals surface area (Å²) in [6.45, 7) is 0.297. The van der Waals surface area contributed by atoms with Crippen LogP contribution in [0.15, 0.2) is 27.7 Å². The van der Waals surface area contributed by atoms with Gasteiger partial charge in [0.2, 0.25) is 11.7 Å². The van der Waals surface area contributed by atoms with Crippen molar-refractivity contribution in [2.75, 3.05) is 0 Å². The van der Waals surface area contributed by atoms with E-state index in [2.05, 4.69) is 20.2 Å². The van der Waals surface area contributed by atoms with E-state index < -0.39 is 0 Å². The smallest absolute Gasteiger partial charge is 0.252 e. The third-order valence-electron chi connectivity index (χ3n) is 2.18. The van der Waals surface area contributed by atoms with Gasteiger partial charge in [0.1, 0.15) is 18.9 Å². The summed E-state index contributed by atoms with van der Waals surface area (Å²) in [6, 6.07) is 3.77. The van der Waals surface area contributed by atoms with Gasteiger partial charge in [0.15, 0.2) is 0 Å². The molecular weight excluding hydrogens is 252 g/mol. The Kier molecular flexibility index (Phi) is 2.59. The van der Waals surface area contributed by atoms with Gasteiger partial charge in [-0.3, -0.25) is 0 Å². The molecule has 3 rings (SSSR count). The second kappa shape index (κ2) is 4.38. The lowest BCUT2D eigenvalue weighted by Crippen LogP contribution is -2.00. The maximum atomic E-state index is 8.61. The Labute approximate surface area is 105 Å². The van der Waals surface area contributed by atoms with Crippen LogP contribution in [0.4, 0.5) is 0 Å². The predicted molar refractivity (Wildman–Crippen MR) is 61.5 cm³/mol. The van der Waals surface area contributed by atoms with Gasteiger partial charge in [-0.05, 0) is 11.4 Å². The van der Waals surface area contributed by atoms with Crippen LogP contribution < -0.4 is 0 Å². The van der Waals surface area contributed by atoms with Crippen molar-refractivity contribution in [1.29, 1.82) is 5.26 Å². The molecule has 0 saturated carbocycles. The van der Waals surface area contributed by atoms with E-state index in [0.29, 0.717) is 18.3 Å². The summed E-state index contributed by atoms with van der Waals surface area (Å²) in [4.78, 5) is 8.03. The Balaban J connectivity index is 1.80. The molecule has 0 bridgehead atoms. The summed E-state index contributed by atoms with van der Waals surface area (Å²) in [5.41, 5.74) is 0.923. The van der Waals surface area contributed by atoms with Gasteiger partial charge in [0.25, 0.3) is 5.82 Å². The minimum absolute atomic E-state index is 0.118. The van der Waals surface area contributed by atoms with Crippen LogP contribution >= 0.6 is 11.3 Å². The highest BCUT2D eigenvalue weighted by Gasteiger charge is 2.10. The number of rotatable bonds is 3. The highest BCUT2D eigenvalue weighted by atomic mass is 32.1. The lowest BCUT2D eigenvalue weighted by Gasteiger charge is -1.91. The van der Waals surface area contributed by atoms with Gasteiger partial charge in [0, 0.05) is 10.9 Å². The van der Waals surface area contributed by atoms with Crippen LogP contribution in [0.1, 0.15) is 11.7 Å². The molecule has 0 aliphatic carbocycles. The Morgan fingerprint density at radius 3 is 3.17 bits per heavy atom. The first-order chi connectivity index (χ1) is 8.85. The summed E-state index contributed by atoms with van der Waals surface area (Å²) in [6.07, 6.45) is 1.45. The largest absolute Gasteiger partial charge is 0.337 e. The number of hydrogen-bond acceptors (Lipinski definition) is 7. The van der Waals surface area contributed by atoms with Crippen molar-refractivity contribution in [2.24, 2.45) is 0 Å². The molecule has 7 nitrogen and oxygen atoms in total. The minimum atomic E-state index is 0.118. The Bertz CT molecular complexity index is 692. The van der Waals surface area contributed by atoms with E-state index in [1.807, 2.05) is 22.9 Å². The summed E-state index contributed by atoms with van der Waals surface area (Å²) in [5.74, 6) is 1.09. The van der Waals surface area contributed by atoms with E-state index >= 15 is 0 Å². The quantitative estimate of drug-likeness (QED) is 0.703. The normalized spacial score (nSPS) is 10.4. The molecule has 0 unspecified atom stereocenters. The van der Waals surface area contributed by atoms with E-state index in [-0.39, 0.29) is 5.82 Å². The number of nitrogens with zero attached hydrogens (tertiary/aromatic N) is 6. The molecule has 18 heavy (non-hydrogen) atoms. The summed E-state index contributed by atoms with van der Waals surface area (Å²) in [5, 5.41) is 20.3. The van der Waals surface area contributed by atoms with Crippen LogP contribution in [0.5, 0.6) is 0 Å². The molecule has 0 saturated heterocycles. The number of nitriles is 1. The van der Waals surface area contributed by atoms with Crippen LogP contribution in [-0.2, 0) is 6.54 Å². The molecule has 0 fully saturated rings. The third kappa shape index (κ3) is 1.99. The molecule has 0 spiro atoms. The summed E-state index contributed by atoms with van der Waals surface area (Å²) >= 11 is 1.57. The van der Waals surface area contributed by atoms with Crippen molar-refractivity contribution in [1.82, 2.24) is 24.9 Å². The van der Waals surface area contributed by atoms with Crippen LogP contribution in [0.2, 0.25) is 0 Å². The molecule has 0 amide bonds. The average molecular weight is 258 g/mol. The molecule has 0 aromatic carbocycles. The van der Waals surface area contributed by atoms with E-state index in [9.17, 15) is 0 Å². The van der Waals surface area contributed by atoms with E-state index in [1.54, 1.807) is 11.3 Å². The molecule has 88 valence electrons. The standard InChI is InChI=1S/C10H6N6OS/c11-3-8-12-6-16(14-8)4-9-13-10(15-17-9)7-1-2-18-5-7/h1-2,5-6H,4H2. The molecule has 0 N–H and O–H groups in total. The summed E-state index contributed by atoms with van der Waals surface area (Å²) in [7, 11) is 0. The van der Waals surface area contributed by atoms with Crippen molar-refractivity contribution >= 4 is 11.3 Å². The molecule has 3 heterocycles. The molecule has 0 atom stereocenters. The number of aromatic nitrogens is 5. The third-order valence-corrected chi connectivity index (χ3v) is 2.86. The minimum Gasteiger partial charge on any atom is -0.337 e. The van der Waals surface area contributed by atoms with Gasteiger partial charge in [-0.2, -0.15) is 21.6 Å². The van der Waals surface area contributed by atoms with Gasteiger partial charge in [-0.1, -0.05) is 5.16 Å². The predicted octanol–water partition coefficient (Wildman–Crippen LogP) is 1.31. The van der Waals surface area contributed by atoms with Gasteiger partial charge < -0.3 is 4.52 Å². The van der Waals surface area contributed by atoms with Crippen LogP contribution in [-0.4, -0.2) is 24.9 Å². The molecule has 0 radical (unpaired) electrons. The fourth-order valence-corrected chi connectivity index (χ4v) is 2.02. The lowest BCUT2D eigenvalue weighted by molar-refractivity contribution is 0.366. The monoisotopic (exact) mass is 258 g/mol. The number of thiophene rings is 1. The highest BCUT2D eigenvalue weighted by molar-refractivity contribution is 7.08. The van der Waals surface area contributed by atoms with Gasteiger partial charge in [-0.25, -0.2) is 9.67 Å². The fraction of sp³-hybridized carbons (Fsp3) is 0.100. The first kappa shape index (κ1) is 10.6. The Morgan fingerprint density at radius 2 is 2.44 bits per heavy atom. The van der Waals surface area contributed by atoms with Crippen molar-refractivity contribution < 1.29 is 4.52 Å². The van der Waals surface area contributed by atoms with Crippen LogP contribution in [0.25, 0.3) is 11.4 Å². The maximum absolute atomic E-state index is 8.61. The van der Waals surface area contributed by atoms with Crippen molar-refractivity contribution in [3.8, 4) is 17.5 Å². The first-order valence-electron chi connectivity index (χ1n) is 5.00. The van der Waals surface area contributed by atoms with Gasteiger partial charge in [-0.15, -0.1) is 5.10 Å². The topological polar surface area (TPSA) is 93.4 Å². The lowest BCUT2D eigenvalue weighted by atomic mass is 10.3. The van der Waals surface area contributed by atoms with Crippen molar-refractivity contribution in [2.45, 2.75) is 6.54 Å². The first-order valence-corrected chi connectivity index (χ1v) is 5.94.